The smallest absolute Gasteiger partial charge is 0.324 e. The van der Waals surface area contributed by atoms with Crippen LogP contribution in [0.25, 0.3) is 0 Å². The fourth-order valence-electron chi connectivity index (χ4n) is 3.03. The van der Waals surface area contributed by atoms with Gasteiger partial charge in [0.05, 0.1) is 13.2 Å². The lowest BCUT2D eigenvalue weighted by molar-refractivity contribution is -0.175. The van der Waals surface area contributed by atoms with Gasteiger partial charge in [-0.25, -0.2) is 0 Å². The van der Waals surface area contributed by atoms with Crippen LogP contribution in [0.3, 0.4) is 0 Å². The maximum absolute atomic E-state index is 11.4. The Hall–Kier alpha value is -0.610. The highest BCUT2D eigenvalue weighted by molar-refractivity contribution is 5.80. The number of carboxylic acids is 1. The van der Waals surface area contributed by atoms with Crippen LogP contribution >= 0.6 is 0 Å². The zero-order chi connectivity index (χ0) is 11.1. The van der Waals surface area contributed by atoms with Gasteiger partial charge < -0.3 is 9.84 Å². The Kier molecular flexibility index (Phi) is 2.51. The first-order valence-corrected chi connectivity index (χ1v) is 5.53. The van der Waals surface area contributed by atoms with Crippen LogP contribution in [0.4, 0.5) is 0 Å². The predicted molar refractivity (Wildman–Crippen MR) is 55.8 cm³/mol. The summed E-state index contributed by atoms with van der Waals surface area (Å²) in [4.78, 5) is 13.5. The zero-order valence-electron chi connectivity index (χ0n) is 9.45. The molecule has 0 aromatic carbocycles. The highest BCUT2D eigenvalue weighted by atomic mass is 16.5. The number of rotatable bonds is 2. The fourth-order valence-corrected chi connectivity index (χ4v) is 3.03. The number of ether oxygens (including phenoxy) is 1. The summed E-state index contributed by atoms with van der Waals surface area (Å²) in [5, 5.41) is 9.39. The van der Waals surface area contributed by atoms with Crippen molar-refractivity contribution in [3.8, 4) is 0 Å². The lowest BCUT2D eigenvalue weighted by atomic mass is 9.58. The largest absolute Gasteiger partial charge is 0.480 e. The molecule has 0 spiro atoms. The summed E-state index contributed by atoms with van der Waals surface area (Å²) >= 11 is 0. The molecule has 1 aliphatic heterocycles. The molecule has 0 bridgehead atoms. The highest BCUT2D eigenvalue weighted by Crippen LogP contribution is 2.51. The summed E-state index contributed by atoms with van der Waals surface area (Å²) in [6.07, 6.45) is 1.52. The van der Waals surface area contributed by atoms with E-state index in [1.54, 1.807) is 0 Å². The van der Waals surface area contributed by atoms with E-state index in [1.165, 1.54) is 0 Å². The van der Waals surface area contributed by atoms with E-state index in [0.717, 1.165) is 25.9 Å². The number of nitrogens with zero attached hydrogens (tertiary/aromatic N) is 1. The van der Waals surface area contributed by atoms with Crippen LogP contribution in [-0.2, 0) is 9.53 Å². The van der Waals surface area contributed by atoms with Gasteiger partial charge in [-0.05, 0) is 18.3 Å². The second-order valence-corrected chi connectivity index (χ2v) is 5.45. The molecule has 4 heteroatoms. The first kappa shape index (κ1) is 10.9. The Balaban J connectivity index is 2.10. The van der Waals surface area contributed by atoms with E-state index >= 15 is 0 Å². The molecule has 1 aliphatic carbocycles. The predicted octanol–water partition coefficient (Wildman–Crippen LogP) is 0.962. The van der Waals surface area contributed by atoms with Crippen molar-refractivity contribution in [2.45, 2.75) is 32.2 Å². The lowest BCUT2D eigenvalue weighted by Crippen LogP contribution is -2.67. The molecule has 0 atom stereocenters. The standard InChI is InChI=1S/C11H19NO3/c1-10(2)7-11(8-10,9(13)14)12-3-5-15-6-4-12/h3-8H2,1-2H3,(H,13,14). The minimum Gasteiger partial charge on any atom is -0.480 e. The second-order valence-electron chi connectivity index (χ2n) is 5.45. The zero-order valence-corrected chi connectivity index (χ0v) is 9.45. The van der Waals surface area contributed by atoms with Crippen molar-refractivity contribution in [3.05, 3.63) is 0 Å². The van der Waals surface area contributed by atoms with Crippen LogP contribution < -0.4 is 0 Å². The summed E-state index contributed by atoms with van der Waals surface area (Å²) < 4.78 is 5.26. The number of carboxylic acid groups (broad SMARTS) is 1. The van der Waals surface area contributed by atoms with Gasteiger partial charge in [0.25, 0.3) is 0 Å². The average molecular weight is 213 g/mol. The third-order valence-electron chi connectivity index (χ3n) is 3.56. The SMILES string of the molecule is CC1(C)CC(C(=O)O)(N2CCOCC2)C1. The van der Waals surface area contributed by atoms with Crippen molar-refractivity contribution in [2.75, 3.05) is 26.3 Å². The molecule has 2 aliphatic rings. The number of morpholine rings is 1. The summed E-state index contributed by atoms with van der Waals surface area (Å²) in [5.74, 6) is -0.663. The lowest BCUT2D eigenvalue weighted by Gasteiger charge is -2.56. The molecule has 1 saturated carbocycles. The maximum Gasteiger partial charge on any atom is 0.324 e. The van der Waals surface area contributed by atoms with Gasteiger partial charge in [0, 0.05) is 13.1 Å². The number of aliphatic carboxylic acids is 1. The molecule has 0 aromatic heterocycles. The third-order valence-corrected chi connectivity index (χ3v) is 3.56. The van der Waals surface area contributed by atoms with E-state index < -0.39 is 11.5 Å². The van der Waals surface area contributed by atoms with Gasteiger partial charge in [0.2, 0.25) is 0 Å². The molecule has 0 radical (unpaired) electrons. The van der Waals surface area contributed by atoms with Gasteiger partial charge in [-0.15, -0.1) is 0 Å². The molecule has 4 nitrogen and oxygen atoms in total. The minimum absolute atomic E-state index is 0.177. The van der Waals surface area contributed by atoms with E-state index in [-0.39, 0.29) is 5.41 Å². The van der Waals surface area contributed by atoms with E-state index in [2.05, 4.69) is 18.7 Å². The summed E-state index contributed by atoms with van der Waals surface area (Å²) in [6, 6.07) is 0. The first-order valence-electron chi connectivity index (χ1n) is 5.53. The molecule has 2 rings (SSSR count). The number of carbonyl (C=O) groups is 1. The van der Waals surface area contributed by atoms with Gasteiger partial charge in [0.1, 0.15) is 5.54 Å². The Morgan fingerprint density at radius 3 is 2.20 bits per heavy atom. The Bertz CT molecular complexity index is 261. The number of hydrogen-bond donors (Lipinski definition) is 1. The molecule has 2 fully saturated rings. The molecule has 1 heterocycles. The van der Waals surface area contributed by atoms with Crippen LogP contribution in [-0.4, -0.2) is 47.8 Å². The van der Waals surface area contributed by atoms with Crippen molar-refractivity contribution in [1.29, 1.82) is 0 Å². The average Bonchev–Trinajstić information content (AvgIpc) is 2.14. The van der Waals surface area contributed by atoms with Crippen LogP contribution in [0.1, 0.15) is 26.7 Å². The number of hydrogen-bond acceptors (Lipinski definition) is 3. The molecule has 86 valence electrons. The van der Waals surface area contributed by atoms with Crippen LogP contribution in [0.5, 0.6) is 0 Å². The molecular formula is C11H19NO3. The molecule has 1 N–H and O–H groups in total. The van der Waals surface area contributed by atoms with Crippen LogP contribution in [0, 0.1) is 5.41 Å². The van der Waals surface area contributed by atoms with Crippen molar-refractivity contribution < 1.29 is 14.6 Å². The van der Waals surface area contributed by atoms with E-state index in [0.29, 0.717) is 13.2 Å². The van der Waals surface area contributed by atoms with Gasteiger partial charge in [-0.1, -0.05) is 13.8 Å². The molecule has 0 amide bonds. The van der Waals surface area contributed by atoms with Crippen molar-refractivity contribution >= 4 is 5.97 Å². The first-order chi connectivity index (χ1) is 6.96. The topological polar surface area (TPSA) is 49.8 Å². The van der Waals surface area contributed by atoms with E-state index in [4.69, 9.17) is 4.74 Å². The molecule has 15 heavy (non-hydrogen) atoms. The second kappa shape index (κ2) is 3.46. The molecule has 0 aromatic rings. The fraction of sp³-hybridized carbons (Fsp3) is 0.909. The van der Waals surface area contributed by atoms with Gasteiger partial charge in [-0.3, -0.25) is 9.69 Å². The Morgan fingerprint density at radius 1 is 1.27 bits per heavy atom. The summed E-state index contributed by atoms with van der Waals surface area (Å²) in [5.41, 5.74) is -0.427. The van der Waals surface area contributed by atoms with E-state index in [9.17, 15) is 9.90 Å². The van der Waals surface area contributed by atoms with Crippen molar-refractivity contribution in [3.63, 3.8) is 0 Å². The van der Waals surface area contributed by atoms with E-state index in [1.807, 2.05) is 0 Å². The summed E-state index contributed by atoms with van der Waals surface area (Å²) in [7, 11) is 0. The van der Waals surface area contributed by atoms with Crippen LogP contribution in [0.15, 0.2) is 0 Å². The normalized spacial score (nSPS) is 29.5. The quantitative estimate of drug-likeness (QED) is 0.742. The minimum atomic E-state index is -0.663. The maximum atomic E-state index is 11.4. The van der Waals surface area contributed by atoms with Gasteiger partial charge in [0.15, 0.2) is 0 Å². The monoisotopic (exact) mass is 213 g/mol. The highest BCUT2D eigenvalue weighted by Gasteiger charge is 2.58. The van der Waals surface area contributed by atoms with Crippen molar-refractivity contribution in [1.82, 2.24) is 4.90 Å². The van der Waals surface area contributed by atoms with Gasteiger partial charge >= 0.3 is 5.97 Å². The Morgan fingerprint density at radius 2 is 1.80 bits per heavy atom. The third kappa shape index (κ3) is 1.76. The molecule has 0 unspecified atom stereocenters. The van der Waals surface area contributed by atoms with Gasteiger partial charge in [-0.2, -0.15) is 0 Å². The van der Waals surface area contributed by atoms with Crippen LogP contribution in [0.2, 0.25) is 0 Å². The molecule has 1 saturated heterocycles. The van der Waals surface area contributed by atoms with Crippen molar-refractivity contribution in [2.24, 2.45) is 5.41 Å². The molecular weight excluding hydrogens is 194 g/mol. The summed E-state index contributed by atoms with van der Waals surface area (Å²) in [6.45, 7) is 7.10. The Labute approximate surface area is 90.2 Å².